The summed E-state index contributed by atoms with van der Waals surface area (Å²) in [6.45, 7) is 8.75. The first-order valence-electron chi connectivity index (χ1n) is 4.93. The highest BCUT2D eigenvalue weighted by molar-refractivity contribution is 5.78. The molecule has 0 fully saturated rings. The van der Waals surface area contributed by atoms with Gasteiger partial charge in [0.15, 0.2) is 0 Å². The molecule has 0 heterocycles. The number of carbonyl (C=O) groups excluding carboxylic acids is 1. The molecule has 0 atom stereocenters. The van der Waals surface area contributed by atoms with Gasteiger partial charge in [-0.25, -0.2) is 0 Å². The molecule has 0 aromatic rings. The zero-order valence-electron chi connectivity index (χ0n) is 9.53. The molecule has 1 amide bonds. The standard InChI is InChI=1S/C11H20N2O/c1-5-7-8-12-9-10(14)13-11(3,4)6-2/h12H,6,8-9H2,1-4H3,(H,13,14). The second-order valence-electron chi connectivity index (χ2n) is 3.82. The first-order chi connectivity index (χ1) is 6.52. The topological polar surface area (TPSA) is 41.1 Å². The van der Waals surface area contributed by atoms with E-state index in [9.17, 15) is 4.79 Å². The van der Waals surface area contributed by atoms with E-state index in [1.807, 2.05) is 13.8 Å². The van der Waals surface area contributed by atoms with Crippen molar-refractivity contribution in [2.24, 2.45) is 0 Å². The summed E-state index contributed by atoms with van der Waals surface area (Å²) in [5, 5.41) is 5.88. The fraction of sp³-hybridized carbons (Fsp3) is 0.727. The van der Waals surface area contributed by atoms with E-state index >= 15 is 0 Å². The molecule has 0 rings (SSSR count). The molecule has 0 radical (unpaired) electrons. The lowest BCUT2D eigenvalue weighted by molar-refractivity contribution is -0.121. The van der Waals surface area contributed by atoms with E-state index in [0.717, 1.165) is 6.42 Å². The molecule has 0 spiro atoms. The predicted molar refractivity (Wildman–Crippen MR) is 58.8 cm³/mol. The van der Waals surface area contributed by atoms with Crippen LogP contribution in [0.2, 0.25) is 0 Å². The zero-order valence-corrected chi connectivity index (χ0v) is 9.53. The van der Waals surface area contributed by atoms with E-state index < -0.39 is 0 Å². The van der Waals surface area contributed by atoms with Crippen LogP contribution in [0.25, 0.3) is 0 Å². The number of carbonyl (C=O) groups is 1. The Hall–Kier alpha value is -1.01. The maximum absolute atomic E-state index is 11.4. The third-order valence-electron chi connectivity index (χ3n) is 2.04. The van der Waals surface area contributed by atoms with Gasteiger partial charge in [-0.3, -0.25) is 10.1 Å². The van der Waals surface area contributed by atoms with Crippen molar-refractivity contribution in [3.05, 3.63) is 0 Å². The van der Waals surface area contributed by atoms with Crippen LogP contribution in [0.5, 0.6) is 0 Å². The largest absolute Gasteiger partial charge is 0.350 e. The van der Waals surface area contributed by atoms with Gasteiger partial charge >= 0.3 is 0 Å². The van der Waals surface area contributed by atoms with E-state index in [-0.39, 0.29) is 11.4 Å². The van der Waals surface area contributed by atoms with Crippen molar-refractivity contribution < 1.29 is 4.79 Å². The molecule has 3 nitrogen and oxygen atoms in total. The van der Waals surface area contributed by atoms with Gasteiger partial charge in [-0.05, 0) is 27.2 Å². The van der Waals surface area contributed by atoms with Crippen molar-refractivity contribution in [2.45, 2.75) is 39.7 Å². The van der Waals surface area contributed by atoms with Crippen LogP contribution in [0.15, 0.2) is 0 Å². The van der Waals surface area contributed by atoms with Gasteiger partial charge in [-0.1, -0.05) is 12.8 Å². The van der Waals surface area contributed by atoms with E-state index in [1.165, 1.54) is 0 Å². The van der Waals surface area contributed by atoms with E-state index in [1.54, 1.807) is 6.92 Å². The van der Waals surface area contributed by atoms with Gasteiger partial charge < -0.3 is 5.32 Å². The van der Waals surface area contributed by atoms with Crippen molar-refractivity contribution in [1.29, 1.82) is 0 Å². The van der Waals surface area contributed by atoms with Crippen LogP contribution in [0.1, 0.15) is 34.1 Å². The average Bonchev–Trinajstić information content (AvgIpc) is 2.12. The molecular formula is C11H20N2O. The van der Waals surface area contributed by atoms with Crippen molar-refractivity contribution in [1.82, 2.24) is 10.6 Å². The molecule has 2 N–H and O–H groups in total. The van der Waals surface area contributed by atoms with Crippen molar-refractivity contribution in [2.75, 3.05) is 13.1 Å². The molecular weight excluding hydrogens is 176 g/mol. The smallest absolute Gasteiger partial charge is 0.234 e. The van der Waals surface area contributed by atoms with Gasteiger partial charge in [0.1, 0.15) is 0 Å². The quantitative estimate of drug-likeness (QED) is 0.507. The van der Waals surface area contributed by atoms with Crippen molar-refractivity contribution in [3.63, 3.8) is 0 Å². The minimum atomic E-state index is -0.116. The SMILES string of the molecule is CC#CCNCC(=O)NC(C)(C)CC. The van der Waals surface area contributed by atoms with Gasteiger partial charge in [0.2, 0.25) is 5.91 Å². The average molecular weight is 196 g/mol. The molecule has 80 valence electrons. The van der Waals surface area contributed by atoms with Crippen LogP contribution < -0.4 is 10.6 Å². The highest BCUT2D eigenvalue weighted by atomic mass is 16.2. The Morgan fingerprint density at radius 3 is 2.57 bits per heavy atom. The van der Waals surface area contributed by atoms with Gasteiger partial charge in [0.05, 0.1) is 13.1 Å². The van der Waals surface area contributed by atoms with E-state index in [2.05, 4.69) is 29.4 Å². The van der Waals surface area contributed by atoms with Crippen molar-refractivity contribution >= 4 is 5.91 Å². The third kappa shape index (κ3) is 6.50. The molecule has 0 aromatic heterocycles. The monoisotopic (exact) mass is 196 g/mol. The molecule has 14 heavy (non-hydrogen) atoms. The number of hydrogen-bond acceptors (Lipinski definition) is 2. The second kappa shape index (κ2) is 6.44. The van der Waals surface area contributed by atoms with Gasteiger partial charge in [0, 0.05) is 5.54 Å². The molecule has 0 bridgehead atoms. The number of nitrogens with one attached hydrogen (secondary N) is 2. The molecule has 0 aliphatic heterocycles. The van der Waals surface area contributed by atoms with Gasteiger partial charge in [-0.2, -0.15) is 0 Å². The molecule has 0 aliphatic carbocycles. The summed E-state index contributed by atoms with van der Waals surface area (Å²) in [6.07, 6.45) is 0.924. The summed E-state index contributed by atoms with van der Waals surface area (Å²) in [4.78, 5) is 11.4. The van der Waals surface area contributed by atoms with Crippen LogP contribution in [0, 0.1) is 11.8 Å². The fourth-order valence-electron chi connectivity index (χ4n) is 0.837. The van der Waals surface area contributed by atoms with Crippen molar-refractivity contribution in [3.8, 4) is 11.8 Å². The zero-order chi connectivity index (χ0) is 11.0. The molecule has 3 heteroatoms. The molecule has 0 saturated heterocycles. The Morgan fingerprint density at radius 2 is 2.07 bits per heavy atom. The Labute approximate surface area is 86.6 Å². The lowest BCUT2D eigenvalue weighted by Gasteiger charge is -2.24. The summed E-state index contributed by atoms with van der Waals surface area (Å²) in [7, 11) is 0. The first-order valence-corrected chi connectivity index (χ1v) is 4.93. The second-order valence-corrected chi connectivity index (χ2v) is 3.82. The van der Waals surface area contributed by atoms with Crippen LogP contribution in [0.3, 0.4) is 0 Å². The van der Waals surface area contributed by atoms with Crippen LogP contribution in [-0.4, -0.2) is 24.5 Å². The first kappa shape index (κ1) is 13.0. The fourth-order valence-corrected chi connectivity index (χ4v) is 0.837. The van der Waals surface area contributed by atoms with Gasteiger partial charge in [-0.15, -0.1) is 5.92 Å². The summed E-state index contributed by atoms with van der Waals surface area (Å²) in [5.41, 5.74) is -0.116. The number of amides is 1. The lowest BCUT2D eigenvalue weighted by Crippen LogP contribution is -2.46. The maximum atomic E-state index is 11.4. The highest BCUT2D eigenvalue weighted by Crippen LogP contribution is 2.05. The molecule has 0 aliphatic rings. The normalized spacial score (nSPS) is 10.3. The van der Waals surface area contributed by atoms with Crippen LogP contribution >= 0.6 is 0 Å². The minimum absolute atomic E-state index is 0.0229. The maximum Gasteiger partial charge on any atom is 0.234 e. The van der Waals surface area contributed by atoms with Crippen LogP contribution in [-0.2, 0) is 4.79 Å². The van der Waals surface area contributed by atoms with Crippen LogP contribution in [0.4, 0.5) is 0 Å². The minimum Gasteiger partial charge on any atom is -0.350 e. The number of rotatable bonds is 5. The Kier molecular flexibility index (Phi) is 5.98. The third-order valence-corrected chi connectivity index (χ3v) is 2.04. The molecule has 0 aromatic carbocycles. The Balaban J connectivity index is 3.69. The van der Waals surface area contributed by atoms with E-state index in [4.69, 9.17) is 0 Å². The molecule has 0 unspecified atom stereocenters. The summed E-state index contributed by atoms with van der Waals surface area (Å²) < 4.78 is 0. The van der Waals surface area contributed by atoms with E-state index in [0.29, 0.717) is 13.1 Å². The lowest BCUT2D eigenvalue weighted by atomic mass is 10.0. The predicted octanol–water partition coefficient (Wildman–Crippen LogP) is 0.904. The number of hydrogen-bond donors (Lipinski definition) is 2. The highest BCUT2D eigenvalue weighted by Gasteiger charge is 2.16. The Morgan fingerprint density at radius 1 is 1.43 bits per heavy atom. The molecule has 0 saturated carbocycles. The summed E-state index contributed by atoms with van der Waals surface area (Å²) >= 11 is 0. The van der Waals surface area contributed by atoms with Gasteiger partial charge in [0.25, 0.3) is 0 Å². The summed E-state index contributed by atoms with van der Waals surface area (Å²) in [5.74, 6) is 5.62. The summed E-state index contributed by atoms with van der Waals surface area (Å²) in [6, 6.07) is 0. The Bertz CT molecular complexity index is 235.